The molecule has 1 N–H and O–H groups in total. The van der Waals surface area contributed by atoms with E-state index < -0.39 is 23.1 Å². The molecule has 1 aliphatic rings. The highest BCUT2D eigenvalue weighted by atomic mass is 35.5. The van der Waals surface area contributed by atoms with E-state index in [0.717, 1.165) is 0 Å². The van der Waals surface area contributed by atoms with Crippen LogP contribution in [0.2, 0.25) is 5.02 Å². The lowest BCUT2D eigenvalue weighted by molar-refractivity contribution is -0.242. The number of halogens is 4. The van der Waals surface area contributed by atoms with Crippen LogP contribution in [0.5, 0.6) is 0 Å². The molecule has 0 aliphatic heterocycles. The van der Waals surface area contributed by atoms with Crippen molar-refractivity contribution in [1.82, 2.24) is 15.0 Å². The van der Waals surface area contributed by atoms with Crippen LogP contribution in [0.25, 0.3) is 22.8 Å². The molecule has 1 aromatic heterocycles. The van der Waals surface area contributed by atoms with Gasteiger partial charge in [0.1, 0.15) is 17.0 Å². The molecule has 5 nitrogen and oxygen atoms in total. The number of nitrogens with zero attached hydrogens (tertiary/aromatic N) is 2. The van der Waals surface area contributed by atoms with E-state index in [-0.39, 0.29) is 37.3 Å². The van der Waals surface area contributed by atoms with Crippen molar-refractivity contribution >= 4 is 17.4 Å². The zero-order chi connectivity index (χ0) is 22.9. The van der Waals surface area contributed by atoms with Gasteiger partial charge in [-0.15, -0.1) is 0 Å². The van der Waals surface area contributed by atoms with E-state index >= 15 is 0 Å². The van der Waals surface area contributed by atoms with Crippen molar-refractivity contribution in [3.05, 3.63) is 69.6 Å². The summed E-state index contributed by atoms with van der Waals surface area (Å²) in [4.78, 5) is 35.4. The average Bonchev–Trinajstić information content (AvgIpc) is 2.71. The third-order valence-electron chi connectivity index (χ3n) is 5.89. The number of carbonyl (C=O) groups excluding carboxylic acids is 1. The maximum absolute atomic E-state index is 13.4. The van der Waals surface area contributed by atoms with Crippen molar-refractivity contribution < 1.29 is 18.0 Å². The Labute approximate surface area is 186 Å². The smallest absolute Gasteiger partial charge is 0.299 e. The van der Waals surface area contributed by atoms with Crippen LogP contribution < -0.4 is 5.69 Å². The summed E-state index contributed by atoms with van der Waals surface area (Å²) in [5.74, 6) is -0.375. The summed E-state index contributed by atoms with van der Waals surface area (Å²) >= 11 is 6.31. The van der Waals surface area contributed by atoms with E-state index in [9.17, 15) is 22.8 Å². The molecule has 1 saturated carbocycles. The van der Waals surface area contributed by atoms with Gasteiger partial charge in [0, 0.05) is 17.5 Å². The molecule has 32 heavy (non-hydrogen) atoms. The summed E-state index contributed by atoms with van der Waals surface area (Å²) in [6, 6.07) is 13.8. The monoisotopic (exact) mass is 461 g/mol. The summed E-state index contributed by atoms with van der Waals surface area (Å²) in [5.41, 5.74) is -1.14. The van der Waals surface area contributed by atoms with E-state index in [0.29, 0.717) is 28.1 Å². The number of rotatable bonds is 6. The maximum atomic E-state index is 13.4. The van der Waals surface area contributed by atoms with Gasteiger partial charge in [-0.25, -0.2) is 9.78 Å². The first-order valence-corrected chi connectivity index (χ1v) is 10.5. The van der Waals surface area contributed by atoms with Crippen molar-refractivity contribution in [1.29, 1.82) is 0 Å². The SMILES string of the molecule is O=C(CCc1ccc(Cl)c(-c2nc(-c3ccccc3)nc(=O)[nH]2)c1)C1(C(F)(F)F)CCC1. The molecular formula is C23H19ClF3N3O2. The van der Waals surface area contributed by atoms with Gasteiger partial charge in [0.15, 0.2) is 5.82 Å². The Kier molecular flexibility index (Phi) is 5.90. The number of aromatic nitrogens is 3. The molecule has 0 unspecified atom stereocenters. The van der Waals surface area contributed by atoms with Gasteiger partial charge in [-0.1, -0.05) is 54.4 Å². The molecule has 1 heterocycles. The minimum Gasteiger partial charge on any atom is -0.299 e. The van der Waals surface area contributed by atoms with E-state index in [1.807, 2.05) is 6.07 Å². The highest BCUT2D eigenvalue weighted by Gasteiger charge is 2.62. The number of aryl methyl sites for hydroxylation is 1. The Bertz CT molecular complexity index is 1210. The molecule has 0 bridgehead atoms. The summed E-state index contributed by atoms with van der Waals surface area (Å²) in [6.45, 7) is 0. The molecule has 0 atom stereocenters. The lowest BCUT2D eigenvalue weighted by Gasteiger charge is -2.41. The van der Waals surface area contributed by atoms with E-state index in [1.165, 1.54) is 0 Å². The highest BCUT2D eigenvalue weighted by molar-refractivity contribution is 6.33. The van der Waals surface area contributed by atoms with Crippen LogP contribution in [-0.4, -0.2) is 26.9 Å². The number of Topliss-reactive ketones (excluding diaryl/α,β-unsaturated/α-hetero) is 1. The molecule has 2 aromatic carbocycles. The summed E-state index contributed by atoms with van der Waals surface area (Å²) < 4.78 is 40.2. The molecule has 166 valence electrons. The van der Waals surface area contributed by atoms with Crippen LogP contribution >= 0.6 is 11.6 Å². The number of carbonyl (C=O) groups is 1. The first-order valence-electron chi connectivity index (χ1n) is 10.1. The van der Waals surface area contributed by atoms with Crippen LogP contribution in [0.3, 0.4) is 0 Å². The molecule has 0 saturated heterocycles. The van der Waals surface area contributed by atoms with Gasteiger partial charge < -0.3 is 0 Å². The average molecular weight is 462 g/mol. The molecule has 1 fully saturated rings. The quantitative estimate of drug-likeness (QED) is 0.534. The van der Waals surface area contributed by atoms with Crippen molar-refractivity contribution in [3.8, 4) is 22.8 Å². The second kappa shape index (κ2) is 8.50. The lowest BCUT2D eigenvalue weighted by Crippen LogP contribution is -2.50. The Balaban J connectivity index is 1.60. The minimum absolute atomic E-state index is 0.127. The molecule has 0 amide bonds. The predicted molar refractivity (Wildman–Crippen MR) is 114 cm³/mol. The van der Waals surface area contributed by atoms with Crippen LogP contribution in [0.15, 0.2) is 53.3 Å². The normalized spacial score (nSPS) is 15.2. The Morgan fingerprint density at radius 3 is 2.44 bits per heavy atom. The fourth-order valence-electron chi connectivity index (χ4n) is 3.89. The number of nitrogens with one attached hydrogen (secondary N) is 1. The van der Waals surface area contributed by atoms with Crippen LogP contribution in [0.4, 0.5) is 13.2 Å². The number of hydrogen-bond acceptors (Lipinski definition) is 4. The molecule has 0 spiro atoms. The van der Waals surface area contributed by atoms with Crippen molar-refractivity contribution in [2.24, 2.45) is 5.41 Å². The fraction of sp³-hybridized carbons (Fsp3) is 0.304. The van der Waals surface area contributed by atoms with E-state index in [1.54, 1.807) is 42.5 Å². The van der Waals surface area contributed by atoms with Gasteiger partial charge in [0.25, 0.3) is 0 Å². The number of hydrogen-bond donors (Lipinski definition) is 1. The number of ketones is 1. The fourth-order valence-corrected chi connectivity index (χ4v) is 4.09. The zero-order valence-corrected chi connectivity index (χ0v) is 17.6. The standard InChI is InChI=1S/C23H19ClF3N3O2/c24-17-9-7-14(8-10-18(31)22(11-4-12-22)23(25,26)27)13-16(17)20-28-19(29-21(32)30-20)15-5-2-1-3-6-15/h1-3,5-7,9,13H,4,8,10-12H2,(H,28,29,30,32). The molecule has 0 radical (unpaired) electrons. The van der Waals surface area contributed by atoms with Gasteiger partial charge in [-0.3, -0.25) is 9.78 Å². The molecule has 3 aromatic rings. The van der Waals surface area contributed by atoms with Crippen molar-refractivity contribution in [2.75, 3.05) is 0 Å². The number of H-pyrrole nitrogens is 1. The van der Waals surface area contributed by atoms with Crippen LogP contribution in [0, 0.1) is 5.41 Å². The largest absolute Gasteiger partial charge is 0.401 e. The maximum Gasteiger partial charge on any atom is 0.401 e. The van der Waals surface area contributed by atoms with Crippen molar-refractivity contribution in [3.63, 3.8) is 0 Å². The van der Waals surface area contributed by atoms with E-state index in [4.69, 9.17) is 11.6 Å². The minimum atomic E-state index is -4.53. The Hall–Kier alpha value is -3.00. The molecular weight excluding hydrogens is 443 g/mol. The molecule has 4 rings (SSSR count). The number of benzene rings is 2. The number of alkyl halides is 3. The Morgan fingerprint density at radius 2 is 1.81 bits per heavy atom. The first-order chi connectivity index (χ1) is 15.2. The van der Waals surface area contributed by atoms with Gasteiger partial charge in [0.2, 0.25) is 0 Å². The van der Waals surface area contributed by atoms with Crippen molar-refractivity contribution in [2.45, 2.75) is 38.3 Å². The summed E-state index contributed by atoms with van der Waals surface area (Å²) in [7, 11) is 0. The molecule has 9 heteroatoms. The van der Waals surface area contributed by atoms with Gasteiger partial charge >= 0.3 is 11.9 Å². The van der Waals surface area contributed by atoms with Gasteiger partial charge in [-0.05, 0) is 37.0 Å². The van der Waals surface area contributed by atoms with Crippen LogP contribution in [0.1, 0.15) is 31.2 Å². The topological polar surface area (TPSA) is 75.7 Å². The second-order valence-corrected chi connectivity index (χ2v) is 8.27. The molecule has 1 aliphatic carbocycles. The van der Waals surface area contributed by atoms with E-state index in [2.05, 4.69) is 15.0 Å². The van der Waals surface area contributed by atoms with Gasteiger partial charge in [0.05, 0.1) is 5.02 Å². The zero-order valence-electron chi connectivity index (χ0n) is 16.9. The first kappa shape index (κ1) is 22.2. The summed E-state index contributed by atoms with van der Waals surface area (Å²) in [6.07, 6.45) is -4.52. The Morgan fingerprint density at radius 1 is 1.09 bits per heavy atom. The lowest BCUT2D eigenvalue weighted by atomic mass is 9.64. The second-order valence-electron chi connectivity index (χ2n) is 7.86. The third kappa shape index (κ3) is 4.19. The van der Waals surface area contributed by atoms with Gasteiger partial charge in [-0.2, -0.15) is 18.2 Å². The van der Waals surface area contributed by atoms with Crippen LogP contribution in [-0.2, 0) is 11.2 Å². The number of aromatic amines is 1. The highest BCUT2D eigenvalue weighted by Crippen LogP contribution is 2.54. The predicted octanol–water partition coefficient (Wildman–Crippen LogP) is 5.39. The summed E-state index contributed by atoms with van der Waals surface area (Å²) in [5, 5.41) is 0.305. The third-order valence-corrected chi connectivity index (χ3v) is 6.22.